The van der Waals surface area contributed by atoms with Crippen LogP contribution in [-0.4, -0.2) is 27.2 Å². The Balaban J connectivity index is 1.95. The van der Waals surface area contributed by atoms with Crippen molar-refractivity contribution in [2.45, 2.75) is 51.8 Å². The van der Waals surface area contributed by atoms with E-state index in [9.17, 15) is 19.1 Å². The summed E-state index contributed by atoms with van der Waals surface area (Å²) >= 11 is 0. The molecule has 1 unspecified atom stereocenters. The highest BCUT2D eigenvalue weighted by Crippen LogP contribution is 2.36. The molecule has 1 aliphatic heterocycles. The van der Waals surface area contributed by atoms with Crippen LogP contribution in [-0.2, 0) is 23.4 Å². The molecule has 0 fully saturated rings. The van der Waals surface area contributed by atoms with E-state index in [1.165, 1.54) is 22.8 Å². The van der Waals surface area contributed by atoms with Gasteiger partial charge in [0.1, 0.15) is 17.2 Å². The van der Waals surface area contributed by atoms with Crippen molar-refractivity contribution in [2.75, 3.05) is 6.61 Å². The number of aromatic hydroxyl groups is 1. The van der Waals surface area contributed by atoms with Crippen LogP contribution in [0.4, 0.5) is 4.39 Å². The first-order valence-corrected chi connectivity index (χ1v) is 9.42. The maximum absolute atomic E-state index is 13.3. The van der Waals surface area contributed by atoms with E-state index in [2.05, 4.69) is 10.3 Å². The van der Waals surface area contributed by atoms with Gasteiger partial charge in [-0.25, -0.2) is 9.37 Å². The topological polar surface area (TPSA) is 93.5 Å². The van der Waals surface area contributed by atoms with E-state index in [0.29, 0.717) is 30.8 Å². The molecule has 1 amide bonds. The first-order chi connectivity index (χ1) is 13.4. The van der Waals surface area contributed by atoms with Gasteiger partial charge >= 0.3 is 0 Å². The third-order valence-electron chi connectivity index (χ3n) is 5.03. The van der Waals surface area contributed by atoms with Crippen LogP contribution < -0.4 is 10.9 Å². The number of fused-ring (bicyclic) bond motifs is 1. The Morgan fingerprint density at radius 3 is 2.89 bits per heavy atom. The molecule has 0 bridgehead atoms. The van der Waals surface area contributed by atoms with E-state index in [-0.39, 0.29) is 18.8 Å². The van der Waals surface area contributed by atoms with Crippen LogP contribution in [0.15, 0.2) is 29.1 Å². The Morgan fingerprint density at radius 2 is 2.21 bits per heavy atom. The van der Waals surface area contributed by atoms with Crippen molar-refractivity contribution in [1.82, 2.24) is 14.9 Å². The number of benzene rings is 1. The number of hydrogen-bond donors (Lipinski definition) is 2. The molecule has 7 nitrogen and oxygen atoms in total. The lowest BCUT2D eigenvalue weighted by Crippen LogP contribution is -2.45. The maximum atomic E-state index is 13.3. The number of rotatable bonds is 6. The molecule has 28 heavy (non-hydrogen) atoms. The average molecular weight is 389 g/mol. The number of amides is 1. The molecule has 2 aromatic rings. The Kier molecular flexibility index (Phi) is 5.79. The van der Waals surface area contributed by atoms with Gasteiger partial charge in [0.15, 0.2) is 5.69 Å². The molecule has 0 spiro atoms. The molecule has 1 aromatic heterocycles. The van der Waals surface area contributed by atoms with Gasteiger partial charge in [-0.05, 0) is 30.5 Å². The van der Waals surface area contributed by atoms with E-state index in [1.54, 1.807) is 6.07 Å². The molecular formula is C20H24FN3O4. The van der Waals surface area contributed by atoms with Gasteiger partial charge < -0.3 is 15.2 Å². The van der Waals surface area contributed by atoms with Crippen LogP contribution in [0.3, 0.4) is 0 Å². The van der Waals surface area contributed by atoms with Crippen LogP contribution in [0.5, 0.6) is 5.75 Å². The van der Waals surface area contributed by atoms with Crippen molar-refractivity contribution in [3.05, 3.63) is 57.5 Å². The van der Waals surface area contributed by atoms with E-state index in [0.717, 1.165) is 6.42 Å². The van der Waals surface area contributed by atoms with Crippen LogP contribution in [0.25, 0.3) is 0 Å². The standard InChI is InChI=1S/C20H24FN3O4/c1-3-8-20(4-2)19-23-15(16(25)18(27)24(19)9-10-28-20)17(26)22-12-13-6-5-7-14(21)11-13/h5-7,11,25H,3-4,8-10,12H2,1-2H3,(H,22,26). The van der Waals surface area contributed by atoms with Gasteiger partial charge in [0.25, 0.3) is 11.5 Å². The normalized spacial score (nSPS) is 18.5. The molecule has 3 rings (SSSR count). The molecular weight excluding hydrogens is 365 g/mol. The number of hydrogen-bond acceptors (Lipinski definition) is 5. The predicted octanol–water partition coefficient (Wildman–Crippen LogP) is 2.45. The lowest BCUT2D eigenvalue weighted by molar-refractivity contribution is -0.0924. The Bertz CT molecular complexity index is 944. The summed E-state index contributed by atoms with van der Waals surface area (Å²) < 4.78 is 20.7. The fourth-order valence-electron chi connectivity index (χ4n) is 3.59. The smallest absolute Gasteiger partial charge is 0.296 e. The van der Waals surface area contributed by atoms with E-state index >= 15 is 0 Å². The van der Waals surface area contributed by atoms with Gasteiger partial charge in [-0.3, -0.25) is 14.2 Å². The Hall–Kier alpha value is -2.74. The van der Waals surface area contributed by atoms with Crippen molar-refractivity contribution in [3.8, 4) is 5.75 Å². The summed E-state index contributed by atoms with van der Waals surface area (Å²) in [5.41, 5.74) is -1.21. The molecule has 2 heterocycles. The lowest BCUT2D eigenvalue weighted by Gasteiger charge is -2.38. The molecule has 2 N–H and O–H groups in total. The predicted molar refractivity (Wildman–Crippen MR) is 101 cm³/mol. The number of nitrogens with zero attached hydrogens (tertiary/aromatic N) is 2. The van der Waals surface area contributed by atoms with Crippen molar-refractivity contribution in [1.29, 1.82) is 0 Å². The fourth-order valence-corrected chi connectivity index (χ4v) is 3.59. The molecule has 0 saturated carbocycles. The highest BCUT2D eigenvalue weighted by molar-refractivity contribution is 5.94. The van der Waals surface area contributed by atoms with Gasteiger partial charge in [-0.15, -0.1) is 0 Å². The maximum Gasteiger partial charge on any atom is 0.296 e. The number of carbonyl (C=O) groups is 1. The zero-order chi connectivity index (χ0) is 20.3. The van der Waals surface area contributed by atoms with Crippen molar-refractivity contribution in [3.63, 3.8) is 0 Å². The highest BCUT2D eigenvalue weighted by Gasteiger charge is 2.40. The van der Waals surface area contributed by atoms with Gasteiger partial charge in [0, 0.05) is 6.54 Å². The minimum Gasteiger partial charge on any atom is -0.501 e. The lowest BCUT2D eigenvalue weighted by atomic mass is 9.92. The van der Waals surface area contributed by atoms with Crippen LogP contribution >= 0.6 is 0 Å². The monoisotopic (exact) mass is 389 g/mol. The quantitative estimate of drug-likeness (QED) is 0.792. The van der Waals surface area contributed by atoms with Crippen LogP contribution in [0.2, 0.25) is 0 Å². The fraction of sp³-hybridized carbons (Fsp3) is 0.450. The summed E-state index contributed by atoms with van der Waals surface area (Å²) in [6.45, 7) is 4.59. The first kappa shape index (κ1) is 20.0. The highest BCUT2D eigenvalue weighted by atomic mass is 19.1. The first-order valence-electron chi connectivity index (χ1n) is 9.42. The summed E-state index contributed by atoms with van der Waals surface area (Å²) in [6, 6.07) is 5.80. The summed E-state index contributed by atoms with van der Waals surface area (Å²) in [5.74, 6) is -1.44. The largest absolute Gasteiger partial charge is 0.501 e. The van der Waals surface area contributed by atoms with E-state index in [1.807, 2.05) is 13.8 Å². The Labute approximate surface area is 162 Å². The zero-order valence-corrected chi connectivity index (χ0v) is 16.0. The van der Waals surface area contributed by atoms with Crippen molar-refractivity contribution >= 4 is 5.91 Å². The molecule has 0 radical (unpaired) electrons. The molecule has 8 heteroatoms. The number of carbonyl (C=O) groups excluding carboxylic acids is 1. The summed E-state index contributed by atoms with van der Waals surface area (Å²) in [6.07, 6.45) is 2.04. The van der Waals surface area contributed by atoms with E-state index < -0.39 is 28.6 Å². The molecule has 0 saturated heterocycles. The third kappa shape index (κ3) is 3.64. The Morgan fingerprint density at radius 1 is 1.43 bits per heavy atom. The van der Waals surface area contributed by atoms with Gasteiger partial charge in [0.05, 0.1) is 13.2 Å². The second kappa shape index (κ2) is 8.10. The third-order valence-corrected chi connectivity index (χ3v) is 5.03. The number of halogens is 1. The van der Waals surface area contributed by atoms with Gasteiger partial charge in [-0.2, -0.15) is 0 Å². The molecule has 0 aliphatic carbocycles. The summed E-state index contributed by atoms with van der Waals surface area (Å²) in [7, 11) is 0. The second-order valence-corrected chi connectivity index (χ2v) is 6.85. The van der Waals surface area contributed by atoms with Crippen LogP contribution in [0, 0.1) is 5.82 Å². The molecule has 150 valence electrons. The van der Waals surface area contributed by atoms with Crippen molar-refractivity contribution in [2.24, 2.45) is 0 Å². The summed E-state index contributed by atoms with van der Waals surface area (Å²) in [5, 5.41) is 12.9. The summed E-state index contributed by atoms with van der Waals surface area (Å²) in [4.78, 5) is 29.6. The minimum absolute atomic E-state index is 0.0422. The number of aromatic nitrogens is 2. The van der Waals surface area contributed by atoms with Gasteiger partial charge in [0.2, 0.25) is 5.75 Å². The second-order valence-electron chi connectivity index (χ2n) is 6.85. The van der Waals surface area contributed by atoms with Gasteiger partial charge in [-0.1, -0.05) is 32.4 Å². The minimum atomic E-state index is -0.766. The molecule has 1 aromatic carbocycles. The number of ether oxygens (including phenoxy) is 1. The molecule has 1 aliphatic rings. The van der Waals surface area contributed by atoms with Crippen LogP contribution in [0.1, 0.15) is 55.0 Å². The van der Waals surface area contributed by atoms with Crippen molar-refractivity contribution < 1.29 is 19.0 Å². The number of nitrogens with one attached hydrogen (secondary N) is 1. The average Bonchev–Trinajstić information content (AvgIpc) is 2.69. The zero-order valence-electron chi connectivity index (χ0n) is 16.0. The SMILES string of the molecule is CCCC1(CC)OCCn2c1nc(C(=O)NCc1cccc(F)c1)c(O)c2=O. The molecule has 1 atom stereocenters. The van der Waals surface area contributed by atoms with E-state index in [4.69, 9.17) is 4.74 Å².